The molecule has 0 saturated carbocycles. The number of hydrogen-bond donors (Lipinski definition) is 0. The van der Waals surface area contributed by atoms with E-state index < -0.39 is 0 Å². The molecule has 0 atom stereocenters. The van der Waals surface area contributed by atoms with Crippen molar-refractivity contribution in [1.82, 2.24) is 49.8 Å². The van der Waals surface area contributed by atoms with Gasteiger partial charge in [0, 0.05) is 92.5 Å². The van der Waals surface area contributed by atoms with Gasteiger partial charge in [-0.3, -0.25) is 0 Å². The van der Waals surface area contributed by atoms with Gasteiger partial charge in [0.1, 0.15) is 33.5 Å². The second-order valence-electron chi connectivity index (χ2n) is 29.2. The summed E-state index contributed by atoms with van der Waals surface area (Å²) in [5.41, 5.74) is 23.8. The standard InChI is InChI=1S/C23H17ClN2.3C20H11ClN2O.C18H11ClN2/c1-23(2)18-9-5-3-7-15(18)16-12-11-14(13-19(16)23)21-17-8-4-6-10-20(17)25-22(24)26-21;21-20-22-16-10-3-1-7-14(16)18(23-20)15-9-5-8-13-12-6-2-4-11-17(12)24-19(13)15;21-20-22-15-9-3-1-6-12(15)19(23-20)14-8-5-11-17-18(14)13-7-2-4-10-16(13)24-17;21-20-22-16-7-3-1-6-15(16)19(23-20)12-9-10-14-13-5-2-4-8-17(13)24-18(14)11-12;19-18-20-16-8-4-3-7-15(16)17(21-18)14-10-9-12-5-1-2-6-13(12)11-14/h3-13H,1-2H3;3*1-11H;1-11H. The Bertz CT molecular complexity index is 7980. The topological polar surface area (TPSA) is 168 Å². The number of furan rings is 3. The molecule has 1 aliphatic rings. The highest BCUT2D eigenvalue weighted by Gasteiger charge is 2.36. The maximum absolute atomic E-state index is 6.20. The molecule has 0 amide bonds. The highest BCUT2D eigenvalue weighted by Crippen LogP contribution is 2.50. The first kappa shape index (κ1) is 74.0. The van der Waals surface area contributed by atoms with E-state index >= 15 is 0 Å². The number of hydrogen-bond acceptors (Lipinski definition) is 13. The quantitative estimate of drug-likeness (QED) is 0.149. The zero-order valence-corrected chi connectivity index (χ0v) is 67.1. The molecular weight excluding hydrogens is 1580 g/mol. The van der Waals surface area contributed by atoms with Crippen LogP contribution in [0.25, 0.3) is 199 Å². The predicted octanol–water partition coefficient (Wildman–Crippen LogP) is 28.9. The molecule has 1 aliphatic carbocycles. The van der Waals surface area contributed by atoms with Crippen molar-refractivity contribution < 1.29 is 13.3 Å². The van der Waals surface area contributed by atoms with Crippen molar-refractivity contribution in [3.05, 3.63) is 371 Å². The maximum Gasteiger partial charge on any atom is 0.223 e. The van der Waals surface area contributed by atoms with E-state index in [9.17, 15) is 0 Å². The monoisotopic (exact) mass is 1640 g/mol. The number of nitrogens with zero attached hydrogens (tertiary/aromatic N) is 10. The first-order valence-corrected chi connectivity index (χ1v) is 40.3. The van der Waals surface area contributed by atoms with Crippen LogP contribution in [0.4, 0.5) is 0 Å². The lowest BCUT2D eigenvalue weighted by Gasteiger charge is -2.22. The summed E-state index contributed by atoms with van der Waals surface area (Å²) in [5, 5.41) is 15.1. The van der Waals surface area contributed by atoms with E-state index in [1.165, 1.54) is 33.0 Å². The molecule has 0 spiro atoms. The number of halogens is 5. The number of rotatable bonds is 5. The van der Waals surface area contributed by atoms with Crippen LogP contribution in [0.15, 0.2) is 347 Å². The van der Waals surface area contributed by atoms with Crippen LogP contribution in [0.2, 0.25) is 26.4 Å². The fraction of sp³-hybridized carbons (Fsp3) is 0.0297. The van der Waals surface area contributed by atoms with E-state index in [1.807, 2.05) is 218 Å². The molecule has 568 valence electrons. The molecule has 0 bridgehead atoms. The highest BCUT2D eigenvalue weighted by molar-refractivity contribution is 6.31. The Kier molecular flexibility index (Phi) is 19.2. The van der Waals surface area contributed by atoms with Gasteiger partial charge in [-0.25, -0.2) is 49.8 Å². The number of fused-ring (bicyclic) bond motifs is 18. The fourth-order valence-corrected chi connectivity index (χ4v) is 17.2. The third-order valence-corrected chi connectivity index (χ3v) is 22.6. The molecule has 18 heteroatoms. The number of aromatic nitrogens is 10. The lowest BCUT2D eigenvalue weighted by Crippen LogP contribution is -2.14. The Morgan fingerprint density at radius 2 is 0.563 bits per heavy atom. The van der Waals surface area contributed by atoms with Gasteiger partial charge in [0.05, 0.1) is 56.1 Å². The van der Waals surface area contributed by atoms with Crippen molar-refractivity contribution in [1.29, 1.82) is 0 Å². The van der Waals surface area contributed by atoms with E-state index in [-0.39, 0.29) is 31.8 Å². The van der Waals surface area contributed by atoms with E-state index in [0.717, 1.165) is 177 Å². The minimum absolute atomic E-state index is 0.0332. The number of benzene rings is 15. The molecule has 15 aromatic carbocycles. The van der Waals surface area contributed by atoms with Gasteiger partial charge in [0.25, 0.3) is 0 Å². The zero-order valence-electron chi connectivity index (χ0n) is 63.3. The second kappa shape index (κ2) is 31.0. The van der Waals surface area contributed by atoms with Gasteiger partial charge in [-0.2, -0.15) is 0 Å². The van der Waals surface area contributed by atoms with Crippen molar-refractivity contribution in [3.63, 3.8) is 0 Å². The van der Waals surface area contributed by atoms with E-state index in [1.54, 1.807) is 0 Å². The summed E-state index contributed by atoms with van der Waals surface area (Å²) >= 11 is 30.7. The molecule has 24 rings (SSSR count). The van der Waals surface area contributed by atoms with E-state index in [2.05, 4.69) is 179 Å². The SMILES string of the molecule is CC1(C)c2ccccc2-c2ccc(-c3nc(Cl)nc4ccccc34)cc21.Clc1nc(-c2ccc3c(c2)oc2ccccc23)c2ccccc2n1.Clc1nc(-c2ccc3ccccc3c2)c2ccccc2n1.Clc1nc(-c2cccc3c2oc2ccccc23)c2ccccc2n1.Clc1nc(-c2cccc3oc4ccccc4c23)c2ccccc2n1. The average molecular weight is 1640 g/mol. The van der Waals surface area contributed by atoms with Crippen molar-refractivity contribution in [2.75, 3.05) is 0 Å². The number of para-hydroxylation sites is 9. The smallest absolute Gasteiger partial charge is 0.223 e. The third kappa shape index (κ3) is 13.9. The summed E-state index contributed by atoms with van der Waals surface area (Å²) in [4.78, 5) is 44.0. The molecule has 0 saturated heterocycles. The van der Waals surface area contributed by atoms with Crippen molar-refractivity contribution >= 4 is 189 Å². The van der Waals surface area contributed by atoms with Crippen LogP contribution in [-0.4, -0.2) is 49.8 Å². The van der Waals surface area contributed by atoms with E-state index in [0.29, 0.717) is 0 Å². The average Bonchev–Trinajstić information content (AvgIpc) is 1.57. The highest BCUT2D eigenvalue weighted by atomic mass is 35.5. The summed E-state index contributed by atoms with van der Waals surface area (Å²) in [6, 6.07) is 112. The fourth-order valence-electron chi connectivity index (χ4n) is 16.3. The van der Waals surface area contributed by atoms with Gasteiger partial charge < -0.3 is 13.3 Å². The van der Waals surface area contributed by atoms with Crippen LogP contribution in [0.3, 0.4) is 0 Å². The Morgan fingerprint density at radius 1 is 0.218 bits per heavy atom. The first-order valence-electron chi connectivity index (χ1n) is 38.4. The van der Waals surface area contributed by atoms with Gasteiger partial charge in [-0.15, -0.1) is 0 Å². The molecule has 13 nitrogen and oxygen atoms in total. The van der Waals surface area contributed by atoms with Crippen LogP contribution >= 0.6 is 58.0 Å². The van der Waals surface area contributed by atoms with Crippen LogP contribution in [-0.2, 0) is 5.41 Å². The summed E-state index contributed by atoms with van der Waals surface area (Å²) in [6.07, 6.45) is 0. The van der Waals surface area contributed by atoms with Gasteiger partial charge in [0.2, 0.25) is 26.4 Å². The van der Waals surface area contributed by atoms with Crippen molar-refractivity contribution in [2.24, 2.45) is 0 Å². The van der Waals surface area contributed by atoms with Crippen molar-refractivity contribution in [2.45, 2.75) is 19.3 Å². The summed E-state index contributed by atoms with van der Waals surface area (Å²) in [6.45, 7) is 4.57. The van der Waals surface area contributed by atoms with E-state index in [4.69, 9.17) is 71.3 Å². The Balaban J connectivity index is 0.0000000954. The zero-order chi connectivity index (χ0) is 80.4. The molecule has 0 fully saturated rings. The van der Waals surface area contributed by atoms with Gasteiger partial charge in [-0.05, 0) is 176 Å². The Hall–Kier alpha value is -13.9. The molecule has 8 heterocycles. The molecule has 0 unspecified atom stereocenters. The lowest BCUT2D eigenvalue weighted by molar-refractivity contribution is 0.660. The largest absolute Gasteiger partial charge is 0.456 e. The van der Waals surface area contributed by atoms with Gasteiger partial charge in [-0.1, -0.05) is 263 Å². The van der Waals surface area contributed by atoms with Gasteiger partial charge in [0.15, 0.2) is 0 Å². The molecule has 8 aromatic heterocycles. The summed E-state index contributed by atoms with van der Waals surface area (Å²) in [5.74, 6) is 0. The van der Waals surface area contributed by atoms with Crippen LogP contribution < -0.4 is 0 Å². The van der Waals surface area contributed by atoms with Crippen LogP contribution in [0, 0.1) is 0 Å². The molecule has 119 heavy (non-hydrogen) atoms. The second-order valence-corrected chi connectivity index (χ2v) is 30.8. The minimum Gasteiger partial charge on any atom is -0.456 e. The molecular formula is C101H61Cl5N10O3. The van der Waals surface area contributed by atoms with Crippen LogP contribution in [0.1, 0.15) is 25.0 Å². The predicted molar refractivity (Wildman–Crippen MR) is 487 cm³/mol. The van der Waals surface area contributed by atoms with Crippen LogP contribution in [0.5, 0.6) is 0 Å². The summed E-state index contributed by atoms with van der Waals surface area (Å²) in [7, 11) is 0. The molecule has 0 N–H and O–H groups in total. The molecule has 0 aliphatic heterocycles. The molecule has 23 aromatic rings. The minimum atomic E-state index is -0.0332. The molecule has 0 radical (unpaired) electrons. The Morgan fingerprint density at radius 3 is 1.13 bits per heavy atom. The summed E-state index contributed by atoms with van der Waals surface area (Å²) < 4.78 is 18.1. The Labute approximate surface area is 704 Å². The third-order valence-electron chi connectivity index (χ3n) is 21.7. The van der Waals surface area contributed by atoms with Crippen molar-refractivity contribution in [3.8, 4) is 67.4 Å². The lowest BCUT2D eigenvalue weighted by atomic mass is 9.82. The van der Waals surface area contributed by atoms with Gasteiger partial charge >= 0.3 is 0 Å². The normalized spacial score (nSPS) is 12.1. The first-order chi connectivity index (χ1) is 58.3. The maximum atomic E-state index is 6.20.